The molecule has 0 unspecified atom stereocenters. The second-order valence-electron chi connectivity index (χ2n) is 2.85. The maximum atomic E-state index is 3.94. The van der Waals surface area contributed by atoms with Crippen molar-refractivity contribution in [3.05, 3.63) is 42.3 Å². The van der Waals surface area contributed by atoms with Crippen LogP contribution in [-0.4, -0.2) is 23.1 Å². The van der Waals surface area contributed by atoms with Crippen molar-refractivity contribution in [3.8, 4) is 0 Å². The van der Waals surface area contributed by atoms with E-state index >= 15 is 0 Å². The summed E-state index contributed by atoms with van der Waals surface area (Å²) in [5.41, 5.74) is 2.50. The molecule has 0 aliphatic rings. The van der Waals surface area contributed by atoms with Crippen molar-refractivity contribution in [1.29, 1.82) is 0 Å². The fourth-order valence-corrected chi connectivity index (χ4v) is 1.10. The van der Waals surface area contributed by atoms with Gasteiger partial charge in [-0.05, 0) is 0 Å². The van der Waals surface area contributed by atoms with E-state index in [2.05, 4.69) is 39.0 Å². The molecule has 1 aromatic carbocycles. The third kappa shape index (κ3) is 3.70. The SMILES string of the molecule is [CH2-]c1ccccc1C(C)C.[Cl-].[Mg+2]. The summed E-state index contributed by atoms with van der Waals surface area (Å²) < 4.78 is 0. The quantitative estimate of drug-likeness (QED) is 0.421. The van der Waals surface area contributed by atoms with Gasteiger partial charge in [-0.2, -0.15) is 18.6 Å². The number of hydrogen-bond acceptors (Lipinski definition) is 0. The van der Waals surface area contributed by atoms with Gasteiger partial charge in [-0.1, -0.05) is 25.8 Å². The third-order valence-corrected chi connectivity index (χ3v) is 1.68. The Morgan fingerprint density at radius 3 is 2.00 bits per heavy atom. The van der Waals surface area contributed by atoms with Gasteiger partial charge in [-0.15, -0.1) is 17.7 Å². The summed E-state index contributed by atoms with van der Waals surface area (Å²) in [5, 5.41) is 0. The van der Waals surface area contributed by atoms with Gasteiger partial charge < -0.3 is 12.4 Å². The zero-order valence-electron chi connectivity index (χ0n) is 7.68. The molecule has 12 heavy (non-hydrogen) atoms. The first-order chi connectivity index (χ1) is 4.72. The molecule has 1 aromatic rings. The van der Waals surface area contributed by atoms with Crippen LogP contribution in [0.25, 0.3) is 0 Å². The summed E-state index contributed by atoms with van der Waals surface area (Å²) in [6.07, 6.45) is 0. The van der Waals surface area contributed by atoms with Gasteiger partial charge >= 0.3 is 23.1 Å². The Labute approximate surface area is 97.3 Å². The summed E-state index contributed by atoms with van der Waals surface area (Å²) in [5.74, 6) is 0.591. The molecule has 0 aromatic heterocycles. The van der Waals surface area contributed by atoms with Crippen LogP contribution >= 0.6 is 0 Å². The second kappa shape index (κ2) is 6.64. The van der Waals surface area contributed by atoms with E-state index in [9.17, 15) is 0 Å². The topological polar surface area (TPSA) is 0 Å². The van der Waals surface area contributed by atoms with E-state index < -0.39 is 0 Å². The summed E-state index contributed by atoms with van der Waals surface area (Å²) in [7, 11) is 0. The minimum absolute atomic E-state index is 0. The minimum Gasteiger partial charge on any atom is -1.00 e. The van der Waals surface area contributed by atoms with E-state index in [4.69, 9.17) is 0 Å². The molecule has 0 saturated heterocycles. The van der Waals surface area contributed by atoms with E-state index in [1.807, 2.05) is 6.07 Å². The smallest absolute Gasteiger partial charge is 1.00 e. The Balaban J connectivity index is 0. The monoisotopic (exact) mass is 192 g/mol. The normalized spacial score (nSPS) is 8.58. The number of benzene rings is 1. The van der Waals surface area contributed by atoms with Crippen molar-refractivity contribution in [3.63, 3.8) is 0 Å². The molecule has 0 amide bonds. The maximum absolute atomic E-state index is 3.94. The first-order valence-electron chi connectivity index (χ1n) is 3.62. The van der Waals surface area contributed by atoms with E-state index in [0.717, 1.165) is 5.56 Å². The fourth-order valence-electron chi connectivity index (χ4n) is 1.10. The Morgan fingerprint density at radius 1 is 1.17 bits per heavy atom. The molecule has 0 bridgehead atoms. The second-order valence-corrected chi connectivity index (χ2v) is 2.85. The molecular weight excluding hydrogens is 180 g/mol. The first-order valence-corrected chi connectivity index (χ1v) is 3.62. The fraction of sp³-hybridized carbons (Fsp3) is 0.300. The largest absolute Gasteiger partial charge is 2.00 e. The minimum atomic E-state index is 0. The molecule has 0 heterocycles. The summed E-state index contributed by atoms with van der Waals surface area (Å²) >= 11 is 0. The van der Waals surface area contributed by atoms with Crippen molar-refractivity contribution in [2.75, 3.05) is 0 Å². The van der Waals surface area contributed by atoms with E-state index in [0.29, 0.717) is 5.92 Å². The molecule has 0 atom stereocenters. The molecule has 0 fully saturated rings. The first kappa shape index (κ1) is 14.7. The molecule has 62 valence electrons. The maximum Gasteiger partial charge on any atom is 2.00 e. The zero-order chi connectivity index (χ0) is 7.56. The van der Waals surface area contributed by atoms with E-state index in [1.54, 1.807) is 0 Å². The van der Waals surface area contributed by atoms with Gasteiger partial charge in [-0.25, -0.2) is 0 Å². The van der Waals surface area contributed by atoms with E-state index in [-0.39, 0.29) is 35.5 Å². The molecule has 0 aliphatic carbocycles. The van der Waals surface area contributed by atoms with Crippen molar-refractivity contribution >= 4 is 23.1 Å². The summed E-state index contributed by atoms with van der Waals surface area (Å²) in [4.78, 5) is 0. The predicted molar refractivity (Wildman–Crippen MR) is 50.7 cm³/mol. The summed E-state index contributed by atoms with van der Waals surface area (Å²) in [6.45, 7) is 8.31. The van der Waals surface area contributed by atoms with Crippen LogP contribution in [0.5, 0.6) is 0 Å². The summed E-state index contributed by atoms with van der Waals surface area (Å²) in [6, 6.07) is 8.26. The molecule has 0 radical (unpaired) electrons. The van der Waals surface area contributed by atoms with Crippen LogP contribution in [0.2, 0.25) is 0 Å². The average Bonchev–Trinajstić information content (AvgIpc) is 1.88. The molecule has 0 N–H and O–H groups in total. The number of rotatable bonds is 1. The number of halogens is 1. The van der Waals surface area contributed by atoms with Crippen molar-refractivity contribution in [1.82, 2.24) is 0 Å². The van der Waals surface area contributed by atoms with Crippen molar-refractivity contribution in [2.45, 2.75) is 19.8 Å². The van der Waals surface area contributed by atoms with Gasteiger partial charge in [0, 0.05) is 0 Å². The van der Waals surface area contributed by atoms with Crippen molar-refractivity contribution in [2.24, 2.45) is 0 Å². The molecule has 0 aliphatic heterocycles. The Bertz CT molecular complexity index is 221. The Morgan fingerprint density at radius 2 is 1.67 bits per heavy atom. The predicted octanol–water partition coefficient (Wildman–Crippen LogP) is -0.385. The third-order valence-electron chi connectivity index (χ3n) is 1.68. The van der Waals surface area contributed by atoms with Gasteiger partial charge in [0.15, 0.2) is 0 Å². The van der Waals surface area contributed by atoms with Gasteiger partial charge in [0.25, 0.3) is 0 Å². The van der Waals surface area contributed by atoms with Crippen LogP contribution in [0.4, 0.5) is 0 Å². The zero-order valence-corrected chi connectivity index (χ0v) is 9.85. The molecule has 0 nitrogen and oxygen atoms in total. The average molecular weight is 193 g/mol. The molecular formula is C10H13ClMg. The Hall–Kier alpha value is 0.146. The number of hydrogen-bond donors (Lipinski definition) is 0. The van der Waals surface area contributed by atoms with Crippen LogP contribution in [0.1, 0.15) is 30.9 Å². The van der Waals surface area contributed by atoms with Crippen LogP contribution in [0, 0.1) is 6.92 Å². The van der Waals surface area contributed by atoms with E-state index in [1.165, 1.54) is 5.56 Å². The van der Waals surface area contributed by atoms with Gasteiger partial charge in [0.1, 0.15) is 0 Å². The van der Waals surface area contributed by atoms with Crippen LogP contribution in [0.3, 0.4) is 0 Å². The van der Waals surface area contributed by atoms with Crippen LogP contribution in [-0.2, 0) is 0 Å². The van der Waals surface area contributed by atoms with Gasteiger partial charge in [-0.3, -0.25) is 0 Å². The molecule has 0 spiro atoms. The van der Waals surface area contributed by atoms with Crippen LogP contribution in [0.15, 0.2) is 24.3 Å². The molecule has 2 heteroatoms. The van der Waals surface area contributed by atoms with Crippen LogP contribution < -0.4 is 12.4 Å². The molecule has 0 saturated carbocycles. The Kier molecular flexibility index (Phi) is 8.11. The van der Waals surface area contributed by atoms with Gasteiger partial charge in [0.2, 0.25) is 0 Å². The van der Waals surface area contributed by atoms with Gasteiger partial charge in [0.05, 0.1) is 0 Å². The molecule has 1 rings (SSSR count). The van der Waals surface area contributed by atoms with Crippen molar-refractivity contribution < 1.29 is 12.4 Å². The standard InChI is InChI=1S/C10H13.ClH.Mg/c1-8(2)10-7-5-4-6-9(10)3;;/h4-8H,3H2,1-2H3;1H;/q-1;;+2/p-1.